The van der Waals surface area contributed by atoms with Gasteiger partial charge in [0, 0.05) is 23.8 Å². The highest BCUT2D eigenvalue weighted by Crippen LogP contribution is 2.36. The summed E-state index contributed by atoms with van der Waals surface area (Å²) >= 11 is 1.12. The molecule has 1 aliphatic heterocycles. The van der Waals surface area contributed by atoms with Gasteiger partial charge < -0.3 is 19.2 Å². The molecule has 1 N–H and O–H groups in total. The van der Waals surface area contributed by atoms with Crippen LogP contribution in [0.2, 0.25) is 0 Å². The van der Waals surface area contributed by atoms with Gasteiger partial charge in [0.15, 0.2) is 6.61 Å². The van der Waals surface area contributed by atoms with Gasteiger partial charge in [-0.3, -0.25) is 9.59 Å². The standard InChI is InChI=1S/C24H21N3O7S/c1-2-32-24(31)21-16(18-9-6-12-33-18)14-35-22(21)25-19(28)13-34-23(30)17-10-11-20(29)27(26-17)15-7-4-3-5-8-15/h3-9,12,14H,2,10-11,13H2,1H3,(H,25,28). The zero-order valence-corrected chi connectivity index (χ0v) is 19.5. The summed E-state index contributed by atoms with van der Waals surface area (Å²) < 4.78 is 15.6. The Morgan fingerprint density at radius 2 is 1.89 bits per heavy atom. The average molecular weight is 496 g/mol. The molecule has 0 bridgehead atoms. The van der Waals surface area contributed by atoms with Crippen LogP contribution >= 0.6 is 11.3 Å². The van der Waals surface area contributed by atoms with Gasteiger partial charge in [0.05, 0.1) is 18.6 Å². The molecule has 0 saturated heterocycles. The third-order valence-corrected chi connectivity index (χ3v) is 5.81. The molecule has 4 rings (SSSR count). The number of para-hydroxylation sites is 1. The minimum atomic E-state index is -0.804. The van der Waals surface area contributed by atoms with E-state index in [0.717, 1.165) is 16.3 Å². The van der Waals surface area contributed by atoms with Crippen molar-refractivity contribution in [3.05, 3.63) is 59.7 Å². The van der Waals surface area contributed by atoms with Crippen LogP contribution in [-0.2, 0) is 23.9 Å². The Labute approximate surface area is 204 Å². The second-order valence-electron chi connectivity index (χ2n) is 7.26. The van der Waals surface area contributed by atoms with Crippen molar-refractivity contribution in [3.8, 4) is 11.3 Å². The minimum Gasteiger partial charge on any atom is -0.464 e. The van der Waals surface area contributed by atoms with Crippen molar-refractivity contribution in [3.63, 3.8) is 0 Å². The van der Waals surface area contributed by atoms with Crippen LogP contribution in [0.25, 0.3) is 11.3 Å². The molecule has 10 nitrogen and oxygen atoms in total. The van der Waals surface area contributed by atoms with E-state index in [4.69, 9.17) is 13.9 Å². The van der Waals surface area contributed by atoms with Gasteiger partial charge in [0.25, 0.3) is 5.91 Å². The molecule has 0 fully saturated rings. The van der Waals surface area contributed by atoms with Gasteiger partial charge in [-0.15, -0.1) is 11.3 Å². The Morgan fingerprint density at radius 1 is 1.09 bits per heavy atom. The van der Waals surface area contributed by atoms with Gasteiger partial charge in [-0.25, -0.2) is 14.6 Å². The van der Waals surface area contributed by atoms with E-state index in [2.05, 4.69) is 10.4 Å². The Bertz CT molecular complexity index is 1270. The molecule has 0 radical (unpaired) electrons. The molecule has 0 saturated carbocycles. The first-order valence-corrected chi connectivity index (χ1v) is 11.6. The third kappa shape index (κ3) is 5.46. The molecule has 0 spiro atoms. The number of hydrogen-bond acceptors (Lipinski definition) is 9. The predicted molar refractivity (Wildman–Crippen MR) is 128 cm³/mol. The summed E-state index contributed by atoms with van der Waals surface area (Å²) in [6, 6.07) is 12.1. The lowest BCUT2D eigenvalue weighted by atomic mass is 10.1. The molecule has 0 unspecified atom stereocenters. The van der Waals surface area contributed by atoms with Crippen molar-refractivity contribution in [1.29, 1.82) is 0 Å². The normalized spacial score (nSPS) is 13.2. The summed E-state index contributed by atoms with van der Waals surface area (Å²) in [5, 5.41) is 9.75. The quantitative estimate of drug-likeness (QED) is 0.470. The molecular weight excluding hydrogens is 474 g/mol. The average Bonchev–Trinajstić information content (AvgIpc) is 3.53. The predicted octanol–water partition coefficient (Wildman–Crippen LogP) is 3.85. The summed E-state index contributed by atoms with van der Waals surface area (Å²) in [7, 11) is 0. The number of esters is 2. The summed E-state index contributed by atoms with van der Waals surface area (Å²) in [6.45, 7) is 1.23. The lowest BCUT2D eigenvalue weighted by Crippen LogP contribution is -2.35. The second-order valence-corrected chi connectivity index (χ2v) is 8.14. The fraction of sp³-hybridized carbons (Fsp3) is 0.208. The van der Waals surface area contributed by atoms with Gasteiger partial charge >= 0.3 is 11.9 Å². The van der Waals surface area contributed by atoms with Gasteiger partial charge in [-0.2, -0.15) is 5.10 Å². The highest BCUT2D eigenvalue weighted by Gasteiger charge is 2.28. The van der Waals surface area contributed by atoms with Crippen molar-refractivity contribution in [2.45, 2.75) is 19.8 Å². The molecular formula is C24H21N3O7S. The number of benzene rings is 1. The van der Waals surface area contributed by atoms with E-state index in [1.165, 1.54) is 6.26 Å². The summed E-state index contributed by atoms with van der Waals surface area (Å²) in [4.78, 5) is 49.7. The maximum absolute atomic E-state index is 12.5. The number of carbonyl (C=O) groups excluding carboxylic acids is 4. The second kappa shape index (κ2) is 10.8. The van der Waals surface area contributed by atoms with Crippen molar-refractivity contribution in [1.82, 2.24) is 0 Å². The van der Waals surface area contributed by atoms with Crippen LogP contribution in [0.5, 0.6) is 0 Å². The number of hydrogen-bond donors (Lipinski definition) is 1. The Balaban J connectivity index is 1.43. The van der Waals surface area contributed by atoms with E-state index in [9.17, 15) is 19.2 Å². The third-order valence-electron chi connectivity index (χ3n) is 4.91. The van der Waals surface area contributed by atoms with Crippen LogP contribution in [0.15, 0.2) is 63.6 Å². The molecule has 1 aromatic carbocycles. The minimum absolute atomic E-state index is 0.0321. The maximum Gasteiger partial charge on any atom is 0.355 e. The monoisotopic (exact) mass is 495 g/mol. The molecule has 2 amide bonds. The number of thiophene rings is 1. The zero-order chi connectivity index (χ0) is 24.8. The number of nitrogens with one attached hydrogen (secondary N) is 1. The van der Waals surface area contributed by atoms with Gasteiger partial charge in [0.2, 0.25) is 5.91 Å². The highest BCUT2D eigenvalue weighted by atomic mass is 32.1. The van der Waals surface area contributed by atoms with Crippen LogP contribution in [0.3, 0.4) is 0 Å². The van der Waals surface area contributed by atoms with E-state index in [1.54, 1.807) is 54.8 Å². The molecule has 3 aromatic rings. The lowest BCUT2D eigenvalue weighted by molar-refractivity contribution is -0.140. The number of carbonyl (C=O) groups is 4. The van der Waals surface area contributed by atoms with Crippen molar-refractivity contribution < 1.29 is 33.1 Å². The molecule has 1 aliphatic rings. The van der Waals surface area contributed by atoms with E-state index in [0.29, 0.717) is 17.0 Å². The number of rotatable bonds is 8. The molecule has 180 valence electrons. The summed E-state index contributed by atoms with van der Waals surface area (Å²) in [5.74, 6) is -1.87. The SMILES string of the molecule is CCOC(=O)c1c(-c2ccco2)csc1NC(=O)COC(=O)C1=NN(c2ccccc2)C(=O)CC1. The van der Waals surface area contributed by atoms with Gasteiger partial charge in [-0.05, 0) is 31.2 Å². The lowest BCUT2D eigenvalue weighted by Gasteiger charge is -2.22. The Kier molecular flexibility index (Phi) is 7.36. The number of nitrogens with zero attached hydrogens (tertiary/aromatic N) is 2. The first-order valence-electron chi connectivity index (χ1n) is 10.7. The van der Waals surface area contributed by atoms with Crippen LogP contribution in [-0.4, -0.2) is 42.7 Å². The van der Waals surface area contributed by atoms with Crippen LogP contribution in [0, 0.1) is 0 Å². The Morgan fingerprint density at radius 3 is 2.60 bits per heavy atom. The van der Waals surface area contributed by atoms with E-state index in [1.807, 2.05) is 0 Å². The number of ether oxygens (including phenoxy) is 2. The van der Waals surface area contributed by atoms with Crippen molar-refractivity contribution in [2.75, 3.05) is 23.5 Å². The number of furan rings is 1. The zero-order valence-electron chi connectivity index (χ0n) is 18.7. The topological polar surface area (TPSA) is 128 Å². The first kappa shape index (κ1) is 23.9. The molecule has 0 atom stereocenters. The van der Waals surface area contributed by atoms with Crippen molar-refractivity contribution >= 4 is 51.5 Å². The maximum atomic E-state index is 12.5. The highest BCUT2D eigenvalue weighted by molar-refractivity contribution is 7.15. The number of amides is 2. The first-order chi connectivity index (χ1) is 17.0. The summed E-state index contributed by atoms with van der Waals surface area (Å²) in [5.41, 5.74) is 1.19. The van der Waals surface area contributed by atoms with Gasteiger partial charge in [-0.1, -0.05) is 18.2 Å². The van der Waals surface area contributed by atoms with Crippen molar-refractivity contribution in [2.24, 2.45) is 5.10 Å². The van der Waals surface area contributed by atoms with Crippen LogP contribution < -0.4 is 10.3 Å². The smallest absolute Gasteiger partial charge is 0.355 e. The number of hydrazone groups is 1. The van der Waals surface area contributed by atoms with E-state index < -0.39 is 24.5 Å². The van der Waals surface area contributed by atoms with Crippen LogP contribution in [0.4, 0.5) is 10.7 Å². The molecule has 0 aliphatic carbocycles. The van der Waals surface area contributed by atoms with Gasteiger partial charge in [0.1, 0.15) is 22.0 Å². The molecule has 2 aromatic heterocycles. The number of anilines is 2. The fourth-order valence-corrected chi connectivity index (χ4v) is 4.27. The molecule has 35 heavy (non-hydrogen) atoms. The van der Waals surface area contributed by atoms with E-state index in [-0.39, 0.29) is 41.6 Å². The molecule has 11 heteroatoms. The van der Waals surface area contributed by atoms with Crippen LogP contribution in [0.1, 0.15) is 30.1 Å². The molecule has 3 heterocycles. The van der Waals surface area contributed by atoms with E-state index >= 15 is 0 Å². The Hall–Kier alpha value is -4.25. The largest absolute Gasteiger partial charge is 0.464 e. The summed E-state index contributed by atoms with van der Waals surface area (Å²) in [6.07, 6.45) is 1.66. The fourth-order valence-electron chi connectivity index (χ4n) is 3.32.